The predicted molar refractivity (Wildman–Crippen MR) is 119 cm³/mol. The first-order valence-corrected chi connectivity index (χ1v) is 10.1. The van der Waals surface area contributed by atoms with Crippen molar-refractivity contribution in [1.82, 2.24) is 19.3 Å². The molecular formula is C23H20FN5O4. The zero-order chi connectivity index (χ0) is 23.5. The number of rotatable bonds is 6. The average Bonchev–Trinajstić information content (AvgIpc) is 3.18. The second kappa shape index (κ2) is 9.03. The second-order valence-corrected chi connectivity index (χ2v) is 7.21. The summed E-state index contributed by atoms with van der Waals surface area (Å²) in [6.07, 6.45) is 2.68. The number of hydrogen-bond acceptors (Lipinski definition) is 6. The molecule has 2 aromatic heterocycles. The van der Waals surface area contributed by atoms with Crippen molar-refractivity contribution in [2.75, 3.05) is 11.9 Å². The largest absolute Gasteiger partial charge is 0.462 e. The van der Waals surface area contributed by atoms with Crippen molar-refractivity contribution in [2.45, 2.75) is 20.4 Å². The molecule has 0 aliphatic heterocycles. The first-order chi connectivity index (χ1) is 15.9. The van der Waals surface area contributed by atoms with Gasteiger partial charge in [-0.1, -0.05) is 6.07 Å². The molecular weight excluding hydrogens is 429 g/mol. The number of halogens is 1. The van der Waals surface area contributed by atoms with Crippen LogP contribution < -0.4 is 10.9 Å². The fraction of sp³-hybridized carbons (Fsp3) is 0.174. The number of nitrogens with zero attached hydrogens (tertiary/aromatic N) is 4. The van der Waals surface area contributed by atoms with Crippen LogP contribution in [0.25, 0.3) is 16.6 Å². The van der Waals surface area contributed by atoms with Crippen molar-refractivity contribution in [3.63, 3.8) is 0 Å². The number of benzene rings is 2. The number of fused-ring (bicyclic) bond motifs is 1. The molecule has 1 amide bonds. The molecule has 0 bridgehead atoms. The zero-order valence-electron chi connectivity index (χ0n) is 17.9. The van der Waals surface area contributed by atoms with Crippen LogP contribution in [-0.4, -0.2) is 37.8 Å². The highest BCUT2D eigenvalue weighted by Gasteiger charge is 2.16. The molecule has 0 radical (unpaired) electrons. The fourth-order valence-corrected chi connectivity index (χ4v) is 3.39. The van der Waals surface area contributed by atoms with Crippen LogP contribution in [0.15, 0.2) is 59.8 Å². The van der Waals surface area contributed by atoms with Gasteiger partial charge in [-0.3, -0.25) is 14.2 Å². The standard InChI is InChI=1S/C23H20FN5O4/c1-3-33-23(32)19-11-26-29(14(19)2)17-6-4-5-16(10-17)27-21(30)12-28-13-25-20-8-7-15(24)9-18(20)22(28)31/h4-11,13H,3,12H2,1-2H3,(H,27,30). The van der Waals surface area contributed by atoms with E-state index in [-0.39, 0.29) is 18.5 Å². The highest BCUT2D eigenvalue weighted by Crippen LogP contribution is 2.19. The van der Waals surface area contributed by atoms with E-state index in [0.717, 1.165) is 10.6 Å². The Hall–Kier alpha value is -4.34. The van der Waals surface area contributed by atoms with Crippen LogP contribution in [0.2, 0.25) is 0 Å². The van der Waals surface area contributed by atoms with E-state index in [2.05, 4.69) is 15.4 Å². The molecule has 1 N–H and O–H groups in total. The number of hydrogen-bond donors (Lipinski definition) is 1. The molecule has 0 aliphatic rings. The number of carbonyl (C=O) groups is 2. The lowest BCUT2D eigenvalue weighted by Gasteiger charge is -2.10. The third-order valence-corrected chi connectivity index (χ3v) is 4.98. The third-order valence-electron chi connectivity index (χ3n) is 4.98. The monoisotopic (exact) mass is 449 g/mol. The lowest BCUT2D eigenvalue weighted by molar-refractivity contribution is -0.116. The maximum atomic E-state index is 13.5. The van der Waals surface area contributed by atoms with Crippen molar-refractivity contribution in [2.24, 2.45) is 0 Å². The van der Waals surface area contributed by atoms with E-state index in [1.807, 2.05) is 0 Å². The fourth-order valence-electron chi connectivity index (χ4n) is 3.39. The van der Waals surface area contributed by atoms with Crippen molar-refractivity contribution in [3.05, 3.63) is 82.4 Å². The van der Waals surface area contributed by atoms with Gasteiger partial charge < -0.3 is 10.1 Å². The Balaban J connectivity index is 1.53. The van der Waals surface area contributed by atoms with Crippen LogP contribution >= 0.6 is 0 Å². The van der Waals surface area contributed by atoms with Crippen LogP contribution in [0.1, 0.15) is 23.0 Å². The minimum Gasteiger partial charge on any atom is -0.462 e. The number of amides is 1. The molecule has 2 heterocycles. The van der Waals surface area contributed by atoms with Crippen molar-refractivity contribution in [3.8, 4) is 5.69 Å². The Kier molecular flexibility index (Phi) is 5.99. The van der Waals surface area contributed by atoms with Gasteiger partial charge in [-0.05, 0) is 50.2 Å². The quantitative estimate of drug-likeness (QED) is 0.454. The van der Waals surface area contributed by atoms with Gasteiger partial charge in [0.15, 0.2) is 0 Å². The molecule has 33 heavy (non-hydrogen) atoms. The van der Waals surface area contributed by atoms with E-state index in [1.54, 1.807) is 42.8 Å². The number of nitrogens with one attached hydrogen (secondary N) is 1. The van der Waals surface area contributed by atoms with Crippen molar-refractivity contribution >= 4 is 28.5 Å². The van der Waals surface area contributed by atoms with Crippen molar-refractivity contribution < 1.29 is 18.7 Å². The van der Waals surface area contributed by atoms with Gasteiger partial charge in [0.25, 0.3) is 5.56 Å². The third kappa shape index (κ3) is 4.49. The molecule has 4 rings (SSSR count). The highest BCUT2D eigenvalue weighted by molar-refractivity contribution is 5.91. The summed E-state index contributed by atoms with van der Waals surface area (Å²) in [6.45, 7) is 3.43. The van der Waals surface area contributed by atoms with E-state index >= 15 is 0 Å². The molecule has 9 nitrogen and oxygen atoms in total. The molecule has 0 spiro atoms. The molecule has 0 atom stereocenters. The molecule has 0 aliphatic carbocycles. The molecule has 0 fully saturated rings. The van der Waals surface area contributed by atoms with Gasteiger partial charge in [0.2, 0.25) is 5.91 Å². The molecule has 4 aromatic rings. The Bertz CT molecular complexity index is 1430. The van der Waals surface area contributed by atoms with Crippen LogP contribution in [0, 0.1) is 12.7 Å². The molecule has 168 valence electrons. The van der Waals surface area contributed by atoms with E-state index < -0.39 is 23.3 Å². The summed E-state index contributed by atoms with van der Waals surface area (Å²) in [5.74, 6) is -1.48. The van der Waals surface area contributed by atoms with E-state index in [9.17, 15) is 18.8 Å². The van der Waals surface area contributed by atoms with Gasteiger partial charge in [0, 0.05) is 5.69 Å². The normalized spacial score (nSPS) is 10.9. The average molecular weight is 449 g/mol. The molecule has 0 saturated heterocycles. The van der Waals surface area contributed by atoms with Gasteiger partial charge in [-0.15, -0.1) is 0 Å². The number of aromatic nitrogens is 4. The number of ether oxygens (including phenoxy) is 1. The van der Waals surface area contributed by atoms with E-state index in [0.29, 0.717) is 28.1 Å². The van der Waals surface area contributed by atoms with Crippen LogP contribution in [0.4, 0.5) is 10.1 Å². The lowest BCUT2D eigenvalue weighted by atomic mass is 10.2. The SMILES string of the molecule is CCOC(=O)c1cnn(-c2cccc(NC(=O)Cn3cnc4ccc(F)cc4c3=O)c2)c1C. The number of anilines is 1. The summed E-state index contributed by atoms with van der Waals surface area (Å²) in [5, 5.41) is 7.06. The van der Waals surface area contributed by atoms with E-state index in [4.69, 9.17) is 4.74 Å². The predicted octanol–water partition coefficient (Wildman–Crippen LogP) is 2.85. The van der Waals surface area contributed by atoms with Gasteiger partial charge in [0.1, 0.15) is 17.9 Å². The van der Waals surface area contributed by atoms with Gasteiger partial charge in [-0.25, -0.2) is 18.9 Å². The Labute approximate surface area is 187 Å². The van der Waals surface area contributed by atoms with Gasteiger partial charge in [-0.2, -0.15) is 5.10 Å². The highest BCUT2D eigenvalue weighted by atomic mass is 19.1. The topological polar surface area (TPSA) is 108 Å². The Morgan fingerprint density at radius 2 is 2.00 bits per heavy atom. The first-order valence-electron chi connectivity index (χ1n) is 10.1. The summed E-state index contributed by atoms with van der Waals surface area (Å²) in [6, 6.07) is 10.6. The van der Waals surface area contributed by atoms with E-state index in [1.165, 1.54) is 24.7 Å². The molecule has 10 heteroatoms. The lowest BCUT2D eigenvalue weighted by Crippen LogP contribution is -2.28. The van der Waals surface area contributed by atoms with Crippen LogP contribution in [-0.2, 0) is 16.1 Å². The maximum absolute atomic E-state index is 13.5. The van der Waals surface area contributed by atoms with Gasteiger partial charge in [0.05, 0.1) is 41.4 Å². The first kappa shape index (κ1) is 21.9. The second-order valence-electron chi connectivity index (χ2n) is 7.21. The minimum atomic E-state index is -0.555. The molecule has 0 saturated carbocycles. The molecule has 0 unspecified atom stereocenters. The maximum Gasteiger partial charge on any atom is 0.341 e. The summed E-state index contributed by atoms with van der Waals surface area (Å²) >= 11 is 0. The summed E-state index contributed by atoms with van der Waals surface area (Å²) in [5.41, 5.74) is 1.88. The van der Waals surface area contributed by atoms with Crippen LogP contribution in [0.5, 0.6) is 0 Å². The smallest absolute Gasteiger partial charge is 0.341 e. The summed E-state index contributed by atoms with van der Waals surface area (Å²) in [4.78, 5) is 41.3. The Morgan fingerprint density at radius 1 is 1.18 bits per heavy atom. The zero-order valence-corrected chi connectivity index (χ0v) is 17.9. The van der Waals surface area contributed by atoms with Gasteiger partial charge >= 0.3 is 5.97 Å². The van der Waals surface area contributed by atoms with Crippen LogP contribution in [0.3, 0.4) is 0 Å². The number of carbonyl (C=O) groups excluding carboxylic acids is 2. The van der Waals surface area contributed by atoms with Crippen molar-refractivity contribution in [1.29, 1.82) is 0 Å². The minimum absolute atomic E-state index is 0.0962. The molecule has 2 aromatic carbocycles. The number of esters is 1. The summed E-state index contributed by atoms with van der Waals surface area (Å²) in [7, 11) is 0. The Morgan fingerprint density at radius 3 is 2.79 bits per heavy atom. The summed E-state index contributed by atoms with van der Waals surface area (Å²) < 4.78 is 21.2.